The highest BCUT2D eigenvalue weighted by Crippen LogP contribution is 2.18. The van der Waals surface area contributed by atoms with E-state index in [0.717, 1.165) is 51.9 Å². The van der Waals surface area contributed by atoms with Gasteiger partial charge in [-0.05, 0) is 52.2 Å². The van der Waals surface area contributed by atoms with E-state index in [9.17, 15) is 5.11 Å². The lowest BCUT2D eigenvalue weighted by atomic mass is 9.91. The van der Waals surface area contributed by atoms with Gasteiger partial charge in [0.2, 0.25) is 0 Å². The second-order valence-corrected chi connectivity index (χ2v) is 5.76. The highest BCUT2D eigenvalue weighted by atomic mass is 16.5. The third-order valence-electron chi connectivity index (χ3n) is 4.27. The van der Waals surface area contributed by atoms with E-state index < -0.39 is 0 Å². The van der Waals surface area contributed by atoms with Crippen LogP contribution in [0.3, 0.4) is 0 Å². The molecule has 0 saturated carbocycles. The Labute approximate surface area is 125 Å². The normalized spacial score (nSPS) is 16.4. The van der Waals surface area contributed by atoms with E-state index >= 15 is 0 Å². The Balaban J connectivity index is 4.26. The summed E-state index contributed by atoms with van der Waals surface area (Å²) in [5.74, 6) is 0. The number of rotatable bonds is 13. The quantitative estimate of drug-likeness (QED) is 0.546. The molecule has 0 rings (SSSR count). The fourth-order valence-corrected chi connectivity index (χ4v) is 2.68. The zero-order valence-electron chi connectivity index (χ0n) is 14.2. The molecule has 20 heavy (non-hydrogen) atoms. The molecule has 0 aromatic carbocycles. The molecule has 0 heterocycles. The third-order valence-corrected chi connectivity index (χ3v) is 4.27. The van der Waals surface area contributed by atoms with E-state index in [1.807, 2.05) is 0 Å². The summed E-state index contributed by atoms with van der Waals surface area (Å²) in [6.45, 7) is 12.8. The molecule has 0 aromatic rings. The molecule has 0 amide bonds. The maximum atomic E-state index is 9.72. The number of hydrogen-bond donors (Lipinski definition) is 2. The number of nitrogens with zero attached hydrogens (tertiary/aromatic N) is 1. The largest absolute Gasteiger partial charge is 0.394 e. The SMILES string of the molecule is CCCNC(CC)(CO)CCCN(CC)C(C)COC. The maximum Gasteiger partial charge on any atom is 0.0615 e. The standard InChI is InChI=1S/C16H36N2O2/c1-6-11-17-16(7-2,14-19)10-9-12-18(8-3)15(4)13-20-5/h15,17,19H,6-14H2,1-5H3. The Kier molecular flexibility index (Phi) is 11.4. The number of ether oxygens (including phenoxy) is 1. The second-order valence-electron chi connectivity index (χ2n) is 5.76. The minimum Gasteiger partial charge on any atom is -0.394 e. The van der Waals surface area contributed by atoms with Gasteiger partial charge in [0.15, 0.2) is 0 Å². The van der Waals surface area contributed by atoms with Gasteiger partial charge >= 0.3 is 0 Å². The molecular weight excluding hydrogens is 252 g/mol. The molecule has 0 spiro atoms. The minimum atomic E-state index is -0.0973. The van der Waals surface area contributed by atoms with Crippen molar-refractivity contribution in [2.24, 2.45) is 0 Å². The lowest BCUT2D eigenvalue weighted by molar-refractivity contribution is 0.0941. The van der Waals surface area contributed by atoms with Gasteiger partial charge in [0.25, 0.3) is 0 Å². The van der Waals surface area contributed by atoms with Crippen LogP contribution < -0.4 is 5.32 Å². The average Bonchev–Trinajstić information content (AvgIpc) is 2.47. The lowest BCUT2D eigenvalue weighted by Crippen LogP contribution is -2.49. The predicted molar refractivity (Wildman–Crippen MR) is 86.2 cm³/mol. The van der Waals surface area contributed by atoms with E-state index in [4.69, 9.17) is 4.74 Å². The van der Waals surface area contributed by atoms with Crippen LogP contribution in [0.5, 0.6) is 0 Å². The zero-order valence-corrected chi connectivity index (χ0v) is 14.2. The summed E-state index contributed by atoms with van der Waals surface area (Å²) in [4.78, 5) is 2.45. The van der Waals surface area contributed by atoms with Crippen LogP contribution in [0.2, 0.25) is 0 Å². The van der Waals surface area contributed by atoms with Crippen molar-refractivity contribution in [2.75, 3.05) is 40.0 Å². The molecule has 4 nitrogen and oxygen atoms in total. The van der Waals surface area contributed by atoms with Crippen molar-refractivity contribution in [3.8, 4) is 0 Å². The summed E-state index contributed by atoms with van der Waals surface area (Å²) in [6, 6.07) is 0.457. The molecule has 0 aliphatic rings. The molecule has 0 fully saturated rings. The van der Waals surface area contributed by atoms with E-state index in [2.05, 4.69) is 37.9 Å². The van der Waals surface area contributed by atoms with Crippen LogP contribution in [0.25, 0.3) is 0 Å². The Hall–Kier alpha value is -0.160. The van der Waals surface area contributed by atoms with E-state index in [1.54, 1.807) is 7.11 Å². The maximum absolute atomic E-state index is 9.72. The van der Waals surface area contributed by atoms with Crippen molar-refractivity contribution in [1.82, 2.24) is 10.2 Å². The van der Waals surface area contributed by atoms with Gasteiger partial charge in [-0.15, -0.1) is 0 Å². The van der Waals surface area contributed by atoms with Crippen LogP contribution in [0, 0.1) is 0 Å². The van der Waals surface area contributed by atoms with Crippen molar-refractivity contribution in [2.45, 2.75) is 65.0 Å². The van der Waals surface area contributed by atoms with Crippen molar-refractivity contribution in [1.29, 1.82) is 0 Å². The van der Waals surface area contributed by atoms with Crippen LogP contribution in [0.4, 0.5) is 0 Å². The number of hydrogen-bond acceptors (Lipinski definition) is 4. The molecule has 2 unspecified atom stereocenters. The Morgan fingerprint density at radius 2 is 2.00 bits per heavy atom. The van der Waals surface area contributed by atoms with E-state index in [0.29, 0.717) is 6.04 Å². The molecule has 0 aliphatic carbocycles. The summed E-state index contributed by atoms with van der Waals surface area (Å²) in [5.41, 5.74) is -0.0973. The number of methoxy groups -OCH3 is 1. The highest BCUT2D eigenvalue weighted by Gasteiger charge is 2.26. The highest BCUT2D eigenvalue weighted by molar-refractivity contribution is 4.86. The zero-order chi connectivity index (χ0) is 15.4. The summed E-state index contributed by atoms with van der Waals surface area (Å²) < 4.78 is 5.24. The van der Waals surface area contributed by atoms with Gasteiger partial charge in [-0.1, -0.05) is 20.8 Å². The average molecular weight is 288 g/mol. The Morgan fingerprint density at radius 3 is 2.45 bits per heavy atom. The fourth-order valence-electron chi connectivity index (χ4n) is 2.68. The van der Waals surface area contributed by atoms with Crippen LogP contribution in [-0.2, 0) is 4.74 Å². The third kappa shape index (κ3) is 7.02. The van der Waals surface area contributed by atoms with Crippen LogP contribution in [-0.4, -0.2) is 61.5 Å². The van der Waals surface area contributed by atoms with Gasteiger partial charge < -0.3 is 15.2 Å². The molecule has 122 valence electrons. The number of nitrogens with one attached hydrogen (secondary N) is 1. The second kappa shape index (κ2) is 11.5. The van der Waals surface area contributed by atoms with Crippen molar-refractivity contribution in [3.05, 3.63) is 0 Å². The molecule has 0 bridgehead atoms. The van der Waals surface area contributed by atoms with Crippen LogP contribution in [0.15, 0.2) is 0 Å². The summed E-state index contributed by atoms with van der Waals surface area (Å²) in [5, 5.41) is 13.3. The van der Waals surface area contributed by atoms with Crippen LogP contribution >= 0.6 is 0 Å². The fraction of sp³-hybridized carbons (Fsp3) is 1.00. The van der Waals surface area contributed by atoms with Crippen molar-refractivity contribution >= 4 is 0 Å². The number of aliphatic hydroxyl groups excluding tert-OH is 1. The van der Waals surface area contributed by atoms with Crippen molar-refractivity contribution in [3.63, 3.8) is 0 Å². The van der Waals surface area contributed by atoms with Gasteiger partial charge in [-0.25, -0.2) is 0 Å². The van der Waals surface area contributed by atoms with Gasteiger partial charge in [0, 0.05) is 18.7 Å². The molecule has 2 atom stereocenters. The topological polar surface area (TPSA) is 44.7 Å². The van der Waals surface area contributed by atoms with E-state index in [-0.39, 0.29) is 12.1 Å². The van der Waals surface area contributed by atoms with Gasteiger partial charge in [0.05, 0.1) is 13.2 Å². The number of likely N-dealkylation sites (N-methyl/N-ethyl adjacent to an activating group) is 1. The molecule has 0 aliphatic heterocycles. The molecule has 4 heteroatoms. The summed E-state index contributed by atoms with van der Waals surface area (Å²) in [7, 11) is 1.76. The summed E-state index contributed by atoms with van der Waals surface area (Å²) >= 11 is 0. The van der Waals surface area contributed by atoms with Gasteiger partial charge in [0.1, 0.15) is 0 Å². The van der Waals surface area contributed by atoms with Crippen LogP contribution in [0.1, 0.15) is 53.4 Å². The monoisotopic (exact) mass is 288 g/mol. The Morgan fingerprint density at radius 1 is 1.30 bits per heavy atom. The number of aliphatic hydroxyl groups is 1. The van der Waals surface area contributed by atoms with E-state index in [1.165, 1.54) is 0 Å². The molecule has 0 aromatic heterocycles. The Bertz CT molecular complexity index is 221. The minimum absolute atomic E-state index is 0.0973. The lowest BCUT2D eigenvalue weighted by Gasteiger charge is -2.34. The molecule has 0 radical (unpaired) electrons. The molecule has 0 saturated heterocycles. The smallest absolute Gasteiger partial charge is 0.0615 e. The molecule has 2 N–H and O–H groups in total. The molecular formula is C16H36N2O2. The van der Waals surface area contributed by atoms with Gasteiger partial charge in [-0.3, -0.25) is 4.90 Å². The first-order valence-electron chi connectivity index (χ1n) is 8.17. The summed E-state index contributed by atoms with van der Waals surface area (Å²) in [6.07, 6.45) is 4.21. The van der Waals surface area contributed by atoms with Crippen molar-refractivity contribution < 1.29 is 9.84 Å². The first-order valence-corrected chi connectivity index (χ1v) is 8.17. The first-order chi connectivity index (χ1) is 9.59. The first kappa shape index (κ1) is 19.8. The predicted octanol–water partition coefficient (Wildman–Crippen LogP) is 2.26. The van der Waals surface area contributed by atoms with Gasteiger partial charge in [-0.2, -0.15) is 0 Å².